The number of hydrogen-bond donors (Lipinski definition) is 2. The highest BCUT2D eigenvalue weighted by atomic mass is 79.9. The maximum atomic E-state index is 12.3. The van der Waals surface area contributed by atoms with Crippen molar-refractivity contribution >= 4 is 39.1 Å². The number of aryl methyl sites for hydroxylation is 1. The Balaban J connectivity index is 1.64. The van der Waals surface area contributed by atoms with Crippen molar-refractivity contribution in [1.82, 2.24) is 0 Å². The number of carbonyl (C=O) groups is 2. The summed E-state index contributed by atoms with van der Waals surface area (Å²) in [6, 6.07) is 12.8. The fraction of sp³-hybridized carbons (Fsp3) is 0.222. The van der Waals surface area contributed by atoms with Gasteiger partial charge in [0.1, 0.15) is 12.4 Å². The molecule has 0 spiro atoms. The molecule has 0 saturated carbocycles. The Morgan fingerprint density at radius 2 is 2.12 bits per heavy atom. The predicted octanol–water partition coefficient (Wildman–Crippen LogP) is 3.73. The predicted molar refractivity (Wildman–Crippen MR) is 96.2 cm³/mol. The maximum absolute atomic E-state index is 12.3. The van der Waals surface area contributed by atoms with E-state index in [0.29, 0.717) is 17.1 Å². The van der Waals surface area contributed by atoms with Crippen LogP contribution in [0.2, 0.25) is 0 Å². The van der Waals surface area contributed by atoms with Gasteiger partial charge in [0.05, 0.1) is 11.6 Å². The van der Waals surface area contributed by atoms with Crippen LogP contribution in [-0.2, 0) is 9.59 Å². The Labute approximate surface area is 148 Å². The van der Waals surface area contributed by atoms with E-state index in [1.165, 1.54) is 0 Å². The van der Waals surface area contributed by atoms with Crippen LogP contribution in [0.5, 0.6) is 5.75 Å². The zero-order valence-electron chi connectivity index (χ0n) is 13.1. The summed E-state index contributed by atoms with van der Waals surface area (Å²) in [5, 5.41) is 5.63. The van der Waals surface area contributed by atoms with Crippen molar-refractivity contribution in [3.05, 3.63) is 52.5 Å². The first-order chi connectivity index (χ1) is 11.5. The molecule has 2 N–H and O–H groups in total. The van der Waals surface area contributed by atoms with Crippen LogP contribution in [-0.4, -0.2) is 18.4 Å². The van der Waals surface area contributed by atoms with Gasteiger partial charge in [-0.05, 0) is 42.8 Å². The second kappa shape index (κ2) is 7.05. The van der Waals surface area contributed by atoms with E-state index in [9.17, 15) is 9.59 Å². The summed E-state index contributed by atoms with van der Waals surface area (Å²) in [5.41, 5.74) is 2.37. The lowest BCUT2D eigenvalue weighted by Gasteiger charge is -2.13. The second-order valence-electron chi connectivity index (χ2n) is 5.71. The number of rotatable bonds is 3. The SMILES string of the molecule is Cc1cc(NC(=O)C[C@@H]2COc3ccccc3NC2=O)ccc1Br. The number of benzene rings is 2. The van der Waals surface area contributed by atoms with E-state index in [4.69, 9.17) is 4.74 Å². The minimum absolute atomic E-state index is 0.0644. The van der Waals surface area contributed by atoms with E-state index in [-0.39, 0.29) is 24.8 Å². The molecule has 3 rings (SSSR count). The number of fused-ring (bicyclic) bond motifs is 1. The van der Waals surface area contributed by atoms with Crippen molar-refractivity contribution in [2.24, 2.45) is 5.92 Å². The van der Waals surface area contributed by atoms with Gasteiger partial charge in [-0.15, -0.1) is 0 Å². The van der Waals surface area contributed by atoms with E-state index >= 15 is 0 Å². The molecule has 0 aromatic heterocycles. The van der Waals surface area contributed by atoms with Crippen molar-refractivity contribution in [3.63, 3.8) is 0 Å². The number of carbonyl (C=O) groups excluding carboxylic acids is 2. The first-order valence-electron chi connectivity index (χ1n) is 7.61. The topological polar surface area (TPSA) is 67.4 Å². The fourth-order valence-electron chi connectivity index (χ4n) is 2.51. The first-order valence-corrected chi connectivity index (χ1v) is 8.41. The molecule has 0 bridgehead atoms. The van der Waals surface area contributed by atoms with Gasteiger partial charge in [-0.2, -0.15) is 0 Å². The monoisotopic (exact) mass is 388 g/mol. The molecular weight excluding hydrogens is 372 g/mol. The Morgan fingerprint density at radius 3 is 2.92 bits per heavy atom. The molecule has 124 valence electrons. The highest BCUT2D eigenvalue weighted by Crippen LogP contribution is 2.28. The molecule has 2 aromatic carbocycles. The maximum Gasteiger partial charge on any atom is 0.231 e. The van der Waals surface area contributed by atoms with Gasteiger partial charge in [0.25, 0.3) is 0 Å². The molecule has 1 aliphatic heterocycles. The van der Waals surface area contributed by atoms with Crippen molar-refractivity contribution in [2.45, 2.75) is 13.3 Å². The van der Waals surface area contributed by atoms with Crippen molar-refractivity contribution < 1.29 is 14.3 Å². The lowest BCUT2D eigenvalue weighted by molar-refractivity contribution is -0.125. The average molecular weight is 389 g/mol. The van der Waals surface area contributed by atoms with Crippen molar-refractivity contribution in [2.75, 3.05) is 17.2 Å². The second-order valence-corrected chi connectivity index (χ2v) is 6.56. The highest BCUT2D eigenvalue weighted by molar-refractivity contribution is 9.10. The lowest BCUT2D eigenvalue weighted by Crippen LogP contribution is -2.29. The largest absolute Gasteiger partial charge is 0.491 e. The number of para-hydroxylation sites is 2. The van der Waals surface area contributed by atoms with E-state index < -0.39 is 5.92 Å². The van der Waals surface area contributed by atoms with E-state index in [1.54, 1.807) is 12.1 Å². The molecule has 1 aliphatic rings. The van der Waals surface area contributed by atoms with Gasteiger partial charge in [-0.25, -0.2) is 0 Å². The van der Waals surface area contributed by atoms with Crippen LogP contribution in [0.15, 0.2) is 46.9 Å². The van der Waals surface area contributed by atoms with Gasteiger partial charge in [0.15, 0.2) is 0 Å². The van der Waals surface area contributed by atoms with Crippen LogP contribution >= 0.6 is 15.9 Å². The molecule has 0 saturated heterocycles. The van der Waals surface area contributed by atoms with Gasteiger partial charge in [-0.3, -0.25) is 9.59 Å². The van der Waals surface area contributed by atoms with E-state index in [1.807, 2.05) is 37.3 Å². The normalized spacial score (nSPS) is 16.4. The van der Waals surface area contributed by atoms with Gasteiger partial charge in [0.2, 0.25) is 11.8 Å². The van der Waals surface area contributed by atoms with Crippen LogP contribution in [0, 0.1) is 12.8 Å². The average Bonchev–Trinajstić information content (AvgIpc) is 2.70. The van der Waals surface area contributed by atoms with Crippen LogP contribution in [0.1, 0.15) is 12.0 Å². The number of halogens is 1. The van der Waals surface area contributed by atoms with Crippen LogP contribution in [0.25, 0.3) is 0 Å². The third kappa shape index (κ3) is 3.76. The molecule has 0 unspecified atom stereocenters. The van der Waals surface area contributed by atoms with Crippen molar-refractivity contribution in [3.8, 4) is 5.75 Å². The summed E-state index contributed by atoms with van der Waals surface area (Å²) < 4.78 is 6.63. The van der Waals surface area contributed by atoms with Crippen LogP contribution in [0.3, 0.4) is 0 Å². The Morgan fingerprint density at radius 1 is 1.33 bits per heavy atom. The third-order valence-corrected chi connectivity index (χ3v) is 4.72. The molecule has 1 heterocycles. The van der Waals surface area contributed by atoms with Gasteiger partial charge < -0.3 is 15.4 Å². The molecule has 5 nitrogen and oxygen atoms in total. The Kier molecular flexibility index (Phi) is 4.85. The fourth-order valence-corrected chi connectivity index (χ4v) is 2.75. The summed E-state index contributed by atoms with van der Waals surface area (Å²) in [4.78, 5) is 24.5. The molecular formula is C18H17BrN2O3. The van der Waals surface area contributed by atoms with Crippen LogP contribution in [0.4, 0.5) is 11.4 Å². The van der Waals surface area contributed by atoms with E-state index in [0.717, 1.165) is 10.0 Å². The number of nitrogens with one attached hydrogen (secondary N) is 2. The molecule has 6 heteroatoms. The number of amides is 2. The van der Waals surface area contributed by atoms with Gasteiger partial charge in [-0.1, -0.05) is 28.1 Å². The summed E-state index contributed by atoms with van der Waals surface area (Å²) in [7, 11) is 0. The third-order valence-electron chi connectivity index (χ3n) is 3.83. The molecule has 0 aliphatic carbocycles. The Bertz CT molecular complexity index is 792. The minimum Gasteiger partial charge on any atom is -0.491 e. The smallest absolute Gasteiger partial charge is 0.231 e. The molecule has 0 radical (unpaired) electrons. The zero-order chi connectivity index (χ0) is 17.1. The molecule has 2 amide bonds. The summed E-state index contributed by atoms with van der Waals surface area (Å²) in [6.45, 7) is 2.12. The van der Waals surface area contributed by atoms with Gasteiger partial charge in [0, 0.05) is 16.6 Å². The molecule has 2 aromatic rings. The highest BCUT2D eigenvalue weighted by Gasteiger charge is 2.26. The summed E-state index contributed by atoms with van der Waals surface area (Å²) in [5.74, 6) is -0.334. The Hall–Kier alpha value is -2.34. The number of anilines is 2. The summed E-state index contributed by atoms with van der Waals surface area (Å²) >= 11 is 3.42. The molecule has 1 atom stereocenters. The number of hydrogen-bond acceptors (Lipinski definition) is 3. The van der Waals surface area contributed by atoms with Crippen molar-refractivity contribution in [1.29, 1.82) is 0 Å². The molecule has 0 fully saturated rings. The first kappa shape index (κ1) is 16.5. The summed E-state index contributed by atoms with van der Waals surface area (Å²) in [6.07, 6.45) is 0.0644. The number of ether oxygens (including phenoxy) is 1. The van der Waals surface area contributed by atoms with Crippen LogP contribution < -0.4 is 15.4 Å². The van der Waals surface area contributed by atoms with Gasteiger partial charge >= 0.3 is 0 Å². The zero-order valence-corrected chi connectivity index (χ0v) is 14.7. The quantitative estimate of drug-likeness (QED) is 0.841. The lowest BCUT2D eigenvalue weighted by atomic mass is 10.1. The molecule has 24 heavy (non-hydrogen) atoms. The van der Waals surface area contributed by atoms with E-state index in [2.05, 4.69) is 26.6 Å². The minimum atomic E-state index is -0.533. The standard InChI is InChI=1S/C18H17BrN2O3/c1-11-8-13(6-7-14(11)19)20-17(22)9-12-10-24-16-5-3-2-4-15(16)21-18(12)23/h2-8,12H,9-10H2,1H3,(H,20,22)(H,21,23)/t12-/m1/s1.